The Kier molecular flexibility index (Phi) is 3.65. The van der Waals surface area contributed by atoms with Crippen molar-refractivity contribution in [1.29, 1.82) is 0 Å². The summed E-state index contributed by atoms with van der Waals surface area (Å²) in [5.41, 5.74) is 0.306. The standard InChI is InChI=1S/C14H11NO5/c1-20-14(17)11-7-12(15(18)19)10(8-13(11)16)9-5-3-2-4-6-9/h2-8,16H,1H3. The highest BCUT2D eigenvalue weighted by Crippen LogP contribution is 2.35. The number of carbonyl (C=O) groups is 1. The third-order valence-electron chi connectivity index (χ3n) is 2.80. The Bertz CT molecular complexity index is 667. The highest BCUT2D eigenvalue weighted by Gasteiger charge is 2.22. The van der Waals surface area contributed by atoms with Crippen LogP contribution in [-0.2, 0) is 4.74 Å². The molecule has 20 heavy (non-hydrogen) atoms. The molecule has 0 aliphatic heterocycles. The lowest BCUT2D eigenvalue weighted by atomic mass is 10.0. The van der Waals surface area contributed by atoms with Crippen LogP contribution in [0.25, 0.3) is 11.1 Å². The van der Waals surface area contributed by atoms with Gasteiger partial charge in [0, 0.05) is 6.07 Å². The number of rotatable bonds is 3. The molecule has 0 radical (unpaired) electrons. The maximum Gasteiger partial charge on any atom is 0.341 e. The van der Waals surface area contributed by atoms with Crippen molar-refractivity contribution < 1.29 is 19.6 Å². The monoisotopic (exact) mass is 273 g/mol. The lowest BCUT2D eigenvalue weighted by Crippen LogP contribution is -2.03. The van der Waals surface area contributed by atoms with E-state index >= 15 is 0 Å². The third kappa shape index (κ3) is 2.44. The molecule has 6 nitrogen and oxygen atoms in total. The van der Waals surface area contributed by atoms with Gasteiger partial charge in [-0.1, -0.05) is 30.3 Å². The lowest BCUT2D eigenvalue weighted by molar-refractivity contribution is -0.384. The van der Waals surface area contributed by atoms with E-state index in [-0.39, 0.29) is 22.6 Å². The molecule has 102 valence electrons. The first-order valence-corrected chi connectivity index (χ1v) is 5.69. The number of nitrogens with zero attached hydrogens (tertiary/aromatic N) is 1. The average Bonchev–Trinajstić information content (AvgIpc) is 2.46. The molecule has 0 fully saturated rings. The van der Waals surface area contributed by atoms with Crippen molar-refractivity contribution in [2.24, 2.45) is 0 Å². The van der Waals surface area contributed by atoms with Crippen LogP contribution in [0.1, 0.15) is 10.4 Å². The number of aromatic hydroxyl groups is 1. The zero-order chi connectivity index (χ0) is 14.7. The summed E-state index contributed by atoms with van der Waals surface area (Å²) in [6.07, 6.45) is 0. The number of ether oxygens (including phenoxy) is 1. The minimum Gasteiger partial charge on any atom is -0.507 e. The smallest absolute Gasteiger partial charge is 0.341 e. The molecule has 0 aliphatic carbocycles. The van der Waals surface area contributed by atoms with Crippen molar-refractivity contribution >= 4 is 11.7 Å². The first-order valence-electron chi connectivity index (χ1n) is 5.69. The number of phenolic OH excluding ortho intramolecular Hbond substituents is 1. The molecule has 0 saturated heterocycles. The van der Waals surface area contributed by atoms with Crippen LogP contribution in [0.4, 0.5) is 5.69 Å². The van der Waals surface area contributed by atoms with Gasteiger partial charge in [0.05, 0.1) is 17.6 Å². The maximum absolute atomic E-state index is 11.5. The zero-order valence-corrected chi connectivity index (χ0v) is 10.6. The van der Waals surface area contributed by atoms with Crippen molar-refractivity contribution in [1.82, 2.24) is 0 Å². The summed E-state index contributed by atoms with van der Waals surface area (Å²) in [5, 5.41) is 21.0. The molecule has 0 saturated carbocycles. The minimum atomic E-state index is -0.829. The Balaban J connectivity index is 2.67. The van der Waals surface area contributed by atoms with Gasteiger partial charge in [-0.25, -0.2) is 4.79 Å². The van der Waals surface area contributed by atoms with Crippen LogP contribution >= 0.6 is 0 Å². The van der Waals surface area contributed by atoms with E-state index in [0.717, 1.165) is 13.2 Å². The van der Waals surface area contributed by atoms with Crippen molar-refractivity contribution in [3.05, 3.63) is 58.1 Å². The Morgan fingerprint density at radius 1 is 1.25 bits per heavy atom. The fraction of sp³-hybridized carbons (Fsp3) is 0.0714. The van der Waals surface area contributed by atoms with E-state index in [1.807, 2.05) is 0 Å². The highest BCUT2D eigenvalue weighted by atomic mass is 16.6. The number of methoxy groups -OCH3 is 1. The number of benzene rings is 2. The molecule has 6 heteroatoms. The van der Waals surface area contributed by atoms with Crippen molar-refractivity contribution in [2.45, 2.75) is 0 Å². The molecule has 0 amide bonds. The summed E-state index contributed by atoms with van der Waals surface area (Å²) in [6.45, 7) is 0. The van der Waals surface area contributed by atoms with Crippen molar-refractivity contribution in [2.75, 3.05) is 7.11 Å². The van der Waals surface area contributed by atoms with Crippen LogP contribution in [0.15, 0.2) is 42.5 Å². The van der Waals surface area contributed by atoms with Crippen LogP contribution in [0, 0.1) is 10.1 Å². The van der Waals surface area contributed by atoms with Gasteiger partial charge in [-0.15, -0.1) is 0 Å². The molecular formula is C14H11NO5. The van der Waals surface area contributed by atoms with E-state index in [2.05, 4.69) is 4.74 Å². The minimum absolute atomic E-state index is 0.237. The second-order valence-electron chi connectivity index (χ2n) is 4.00. The zero-order valence-electron chi connectivity index (χ0n) is 10.6. The molecule has 2 aromatic rings. The third-order valence-corrected chi connectivity index (χ3v) is 2.80. The van der Waals surface area contributed by atoms with Crippen LogP contribution in [0.3, 0.4) is 0 Å². The summed E-state index contributed by atoms with van der Waals surface area (Å²) in [6, 6.07) is 10.8. The number of carbonyl (C=O) groups excluding carboxylic acids is 1. The van der Waals surface area contributed by atoms with Gasteiger partial charge in [0.25, 0.3) is 5.69 Å². The summed E-state index contributed by atoms with van der Waals surface area (Å²) < 4.78 is 4.48. The molecule has 0 heterocycles. The quantitative estimate of drug-likeness (QED) is 0.527. The number of esters is 1. The van der Waals surface area contributed by atoms with Crippen LogP contribution < -0.4 is 0 Å². The van der Waals surface area contributed by atoms with Gasteiger partial charge < -0.3 is 9.84 Å². The number of hydrogen-bond acceptors (Lipinski definition) is 5. The number of hydrogen-bond donors (Lipinski definition) is 1. The van der Waals surface area contributed by atoms with Gasteiger partial charge in [-0.2, -0.15) is 0 Å². The van der Waals surface area contributed by atoms with E-state index in [1.165, 1.54) is 6.07 Å². The van der Waals surface area contributed by atoms with E-state index in [1.54, 1.807) is 30.3 Å². The number of nitro groups is 1. The van der Waals surface area contributed by atoms with Gasteiger partial charge in [0.15, 0.2) is 0 Å². The molecule has 2 rings (SSSR count). The summed E-state index contributed by atoms with van der Waals surface area (Å²) >= 11 is 0. The number of phenols is 1. The second-order valence-corrected chi connectivity index (χ2v) is 4.00. The first-order chi connectivity index (χ1) is 9.54. The molecule has 1 N–H and O–H groups in total. The Morgan fingerprint density at radius 2 is 1.90 bits per heavy atom. The fourth-order valence-electron chi connectivity index (χ4n) is 1.85. The molecule has 0 atom stereocenters. The highest BCUT2D eigenvalue weighted by molar-refractivity contribution is 5.95. The Labute approximate surface area is 114 Å². The molecule has 0 spiro atoms. The maximum atomic E-state index is 11.5. The molecular weight excluding hydrogens is 262 g/mol. The van der Waals surface area contributed by atoms with Crippen LogP contribution in [0.2, 0.25) is 0 Å². The average molecular weight is 273 g/mol. The van der Waals surface area contributed by atoms with Crippen molar-refractivity contribution in [3.8, 4) is 16.9 Å². The fourth-order valence-corrected chi connectivity index (χ4v) is 1.85. The summed E-state index contributed by atoms with van der Waals surface area (Å²) in [7, 11) is 1.14. The second kappa shape index (κ2) is 5.40. The molecule has 0 aromatic heterocycles. The van der Waals surface area contributed by atoms with Crippen molar-refractivity contribution in [3.63, 3.8) is 0 Å². The van der Waals surface area contributed by atoms with E-state index in [0.29, 0.717) is 5.56 Å². The summed E-state index contributed by atoms with van der Waals surface area (Å²) in [5.74, 6) is -1.19. The van der Waals surface area contributed by atoms with Gasteiger partial charge in [0.2, 0.25) is 0 Å². The lowest BCUT2D eigenvalue weighted by Gasteiger charge is -2.07. The summed E-state index contributed by atoms with van der Waals surface area (Å²) in [4.78, 5) is 22.0. The van der Waals surface area contributed by atoms with E-state index in [9.17, 15) is 20.0 Å². The first kappa shape index (κ1) is 13.5. The van der Waals surface area contributed by atoms with Gasteiger partial charge in [-0.3, -0.25) is 10.1 Å². The van der Waals surface area contributed by atoms with E-state index in [4.69, 9.17) is 0 Å². The Hall–Kier alpha value is -2.89. The topological polar surface area (TPSA) is 89.7 Å². The molecule has 0 aliphatic rings. The van der Waals surface area contributed by atoms with Gasteiger partial charge in [-0.05, 0) is 11.6 Å². The predicted octanol–water partition coefficient (Wildman–Crippen LogP) is 2.75. The number of nitro benzene ring substituents is 1. The normalized spacial score (nSPS) is 10.1. The Morgan fingerprint density at radius 3 is 2.45 bits per heavy atom. The van der Waals surface area contributed by atoms with Crippen LogP contribution in [0.5, 0.6) is 5.75 Å². The predicted molar refractivity (Wildman–Crippen MR) is 71.5 cm³/mol. The van der Waals surface area contributed by atoms with Gasteiger partial charge >= 0.3 is 5.97 Å². The van der Waals surface area contributed by atoms with Crippen LogP contribution in [-0.4, -0.2) is 23.1 Å². The molecule has 0 bridgehead atoms. The van der Waals surface area contributed by atoms with E-state index < -0.39 is 10.9 Å². The molecule has 2 aromatic carbocycles. The molecule has 0 unspecified atom stereocenters. The SMILES string of the molecule is COC(=O)c1cc([N+](=O)[O-])c(-c2ccccc2)cc1O. The van der Waals surface area contributed by atoms with Gasteiger partial charge in [0.1, 0.15) is 11.3 Å². The largest absolute Gasteiger partial charge is 0.507 e.